The number of hydrogen-bond acceptors (Lipinski definition) is 2. The average Bonchev–Trinajstić information content (AvgIpc) is 3.04. The summed E-state index contributed by atoms with van der Waals surface area (Å²) in [6, 6.07) is 0. The molecule has 0 atom stereocenters. The van der Waals surface area contributed by atoms with Crippen molar-refractivity contribution in [3.05, 3.63) is 28.1 Å². The van der Waals surface area contributed by atoms with Crippen LogP contribution in [-0.4, -0.2) is 14.4 Å². The van der Waals surface area contributed by atoms with E-state index in [1.54, 1.807) is 0 Å². The Labute approximate surface area is 107 Å². The first-order valence-electron chi connectivity index (χ1n) is 5.18. The van der Waals surface area contributed by atoms with Crippen molar-refractivity contribution in [1.29, 1.82) is 0 Å². The third-order valence-corrected chi connectivity index (χ3v) is 3.55. The number of hydrogen-bond donors (Lipinski definition) is 0. The summed E-state index contributed by atoms with van der Waals surface area (Å²) in [5, 5.41) is 0. The lowest BCUT2D eigenvalue weighted by atomic mass is 10.3. The van der Waals surface area contributed by atoms with E-state index in [9.17, 15) is 17.6 Å². The summed E-state index contributed by atoms with van der Waals surface area (Å²) in [5.74, 6) is -0.611. The van der Waals surface area contributed by atoms with Crippen LogP contribution in [0.5, 0.6) is 0 Å². The Morgan fingerprint density at radius 2 is 2.00 bits per heavy atom. The van der Waals surface area contributed by atoms with Crippen LogP contribution in [0.3, 0.4) is 0 Å². The number of halogens is 5. The minimum absolute atomic E-state index is 0.0196. The quantitative estimate of drug-likeness (QED) is 0.751. The normalized spacial score (nSPS) is 16.5. The van der Waals surface area contributed by atoms with Gasteiger partial charge in [0, 0.05) is 5.92 Å². The van der Waals surface area contributed by atoms with Crippen LogP contribution >= 0.6 is 15.9 Å². The van der Waals surface area contributed by atoms with Gasteiger partial charge in [-0.3, -0.25) is 4.40 Å². The van der Waals surface area contributed by atoms with Crippen LogP contribution in [0.15, 0.2) is 10.8 Å². The maximum atomic E-state index is 13.9. The van der Waals surface area contributed by atoms with Crippen LogP contribution in [0.2, 0.25) is 0 Å². The summed E-state index contributed by atoms with van der Waals surface area (Å²) >= 11 is 2.80. The minimum Gasteiger partial charge on any atom is -0.258 e. The third kappa shape index (κ3) is 1.70. The standard InChI is InChI=1S/C10H6BrF4N3/c11-5-7(10(13,14)15)16-3-18-8(12)6(4-1-2-4)17-9(5)18/h3-4H,1-2H2. The molecule has 0 aliphatic heterocycles. The molecular weight excluding hydrogens is 318 g/mol. The molecule has 0 saturated heterocycles. The highest BCUT2D eigenvalue weighted by molar-refractivity contribution is 9.10. The van der Waals surface area contributed by atoms with Gasteiger partial charge < -0.3 is 0 Å². The van der Waals surface area contributed by atoms with Crippen LogP contribution in [0, 0.1) is 5.95 Å². The van der Waals surface area contributed by atoms with Crippen molar-refractivity contribution in [3.63, 3.8) is 0 Å². The fourth-order valence-corrected chi connectivity index (χ4v) is 2.39. The number of fused-ring (bicyclic) bond motifs is 1. The SMILES string of the molecule is Fc1c(C2CC2)nc2c(Br)c(C(F)(F)F)ncn12. The van der Waals surface area contributed by atoms with Gasteiger partial charge in [0.2, 0.25) is 5.95 Å². The first-order valence-corrected chi connectivity index (χ1v) is 5.98. The molecule has 0 amide bonds. The molecule has 0 aromatic carbocycles. The fourth-order valence-electron chi connectivity index (χ4n) is 1.78. The van der Waals surface area contributed by atoms with E-state index in [1.807, 2.05) is 0 Å². The molecule has 0 bridgehead atoms. The summed E-state index contributed by atoms with van der Waals surface area (Å²) in [6.07, 6.45) is -2.14. The molecule has 2 heterocycles. The van der Waals surface area contributed by atoms with Gasteiger partial charge in [-0.1, -0.05) is 0 Å². The van der Waals surface area contributed by atoms with Gasteiger partial charge in [0.25, 0.3) is 0 Å². The smallest absolute Gasteiger partial charge is 0.258 e. The second-order valence-corrected chi connectivity index (χ2v) is 4.95. The highest BCUT2D eigenvalue weighted by atomic mass is 79.9. The maximum Gasteiger partial charge on any atom is 0.434 e. The summed E-state index contributed by atoms with van der Waals surface area (Å²) < 4.78 is 52.4. The number of imidazole rings is 1. The monoisotopic (exact) mass is 323 g/mol. The van der Waals surface area contributed by atoms with E-state index in [0.29, 0.717) is 0 Å². The molecule has 1 aliphatic rings. The lowest BCUT2D eigenvalue weighted by Gasteiger charge is -2.07. The Bertz CT molecular complexity index is 630. The van der Waals surface area contributed by atoms with Gasteiger partial charge in [-0.25, -0.2) is 9.97 Å². The second-order valence-electron chi connectivity index (χ2n) is 4.16. The van der Waals surface area contributed by atoms with E-state index in [-0.39, 0.29) is 21.7 Å². The molecule has 3 nitrogen and oxygen atoms in total. The number of aromatic nitrogens is 3. The Morgan fingerprint density at radius 1 is 1.33 bits per heavy atom. The number of nitrogens with zero attached hydrogens (tertiary/aromatic N) is 3. The van der Waals surface area contributed by atoms with Gasteiger partial charge in [0.1, 0.15) is 6.33 Å². The largest absolute Gasteiger partial charge is 0.434 e. The lowest BCUT2D eigenvalue weighted by Crippen LogP contribution is -2.10. The first-order chi connectivity index (χ1) is 8.39. The molecule has 0 unspecified atom stereocenters. The summed E-state index contributed by atoms with van der Waals surface area (Å²) in [5.41, 5.74) is -0.962. The second kappa shape index (κ2) is 3.66. The van der Waals surface area contributed by atoms with Crippen LogP contribution in [0.1, 0.15) is 30.1 Å². The van der Waals surface area contributed by atoms with E-state index in [1.165, 1.54) is 0 Å². The molecular formula is C10H6BrF4N3. The van der Waals surface area contributed by atoms with Gasteiger partial charge in [-0.2, -0.15) is 17.6 Å². The van der Waals surface area contributed by atoms with E-state index >= 15 is 0 Å². The van der Waals surface area contributed by atoms with Crippen LogP contribution in [0.4, 0.5) is 17.6 Å². The van der Waals surface area contributed by atoms with Crippen molar-refractivity contribution < 1.29 is 17.6 Å². The lowest BCUT2D eigenvalue weighted by molar-refractivity contribution is -0.141. The van der Waals surface area contributed by atoms with E-state index in [0.717, 1.165) is 23.6 Å². The van der Waals surface area contributed by atoms with E-state index in [2.05, 4.69) is 25.9 Å². The topological polar surface area (TPSA) is 30.2 Å². The Morgan fingerprint density at radius 3 is 2.56 bits per heavy atom. The maximum absolute atomic E-state index is 13.9. The third-order valence-electron chi connectivity index (χ3n) is 2.82. The van der Waals surface area contributed by atoms with Crippen molar-refractivity contribution in [3.8, 4) is 0 Å². The van der Waals surface area contributed by atoms with Crippen LogP contribution in [0.25, 0.3) is 5.65 Å². The molecule has 2 aromatic heterocycles. The highest BCUT2D eigenvalue weighted by Gasteiger charge is 2.38. The van der Waals surface area contributed by atoms with Crippen molar-refractivity contribution in [2.45, 2.75) is 24.9 Å². The summed E-state index contributed by atoms with van der Waals surface area (Å²) in [6.45, 7) is 0. The number of alkyl halides is 3. The molecule has 18 heavy (non-hydrogen) atoms. The first kappa shape index (κ1) is 11.9. The van der Waals surface area contributed by atoms with Crippen LogP contribution in [-0.2, 0) is 6.18 Å². The zero-order valence-electron chi connectivity index (χ0n) is 8.80. The van der Waals surface area contributed by atoms with Crippen molar-refractivity contribution in [2.75, 3.05) is 0 Å². The molecule has 96 valence electrons. The van der Waals surface area contributed by atoms with Crippen molar-refractivity contribution in [2.24, 2.45) is 0 Å². The Kier molecular flexibility index (Phi) is 2.42. The van der Waals surface area contributed by atoms with Crippen molar-refractivity contribution in [1.82, 2.24) is 14.4 Å². The van der Waals surface area contributed by atoms with E-state index in [4.69, 9.17) is 0 Å². The van der Waals surface area contributed by atoms with E-state index < -0.39 is 17.8 Å². The zero-order chi connectivity index (χ0) is 13.1. The number of rotatable bonds is 1. The summed E-state index contributed by atoms with van der Waals surface area (Å²) in [7, 11) is 0. The minimum atomic E-state index is -4.59. The van der Waals surface area contributed by atoms with Gasteiger partial charge in [0.15, 0.2) is 11.3 Å². The van der Waals surface area contributed by atoms with Gasteiger partial charge in [-0.05, 0) is 28.8 Å². The zero-order valence-corrected chi connectivity index (χ0v) is 10.4. The van der Waals surface area contributed by atoms with Crippen molar-refractivity contribution >= 4 is 21.6 Å². The molecule has 3 rings (SSSR count). The molecule has 0 spiro atoms. The molecule has 0 radical (unpaired) electrons. The van der Waals surface area contributed by atoms with Gasteiger partial charge >= 0.3 is 6.18 Å². The Hall–Kier alpha value is -1.18. The molecule has 1 aliphatic carbocycles. The fraction of sp³-hybridized carbons (Fsp3) is 0.400. The molecule has 0 N–H and O–H groups in total. The average molecular weight is 324 g/mol. The molecule has 8 heteroatoms. The van der Waals surface area contributed by atoms with Crippen LogP contribution < -0.4 is 0 Å². The highest BCUT2D eigenvalue weighted by Crippen LogP contribution is 2.42. The Balaban J connectivity index is 2.26. The van der Waals surface area contributed by atoms with Gasteiger partial charge in [-0.15, -0.1) is 0 Å². The summed E-state index contributed by atoms with van der Waals surface area (Å²) in [4.78, 5) is 7.19. The predicted molar refractivity (Wildman–Crippen MR) is 57.6 cm³/mol. The predicted octanol–water partition coefficient (Wildman–Crippen LogP) is 3.53. The molecule has 2 aromatic rings. The van der Waals surface area contributed by atoms with Gasteiger partial charge in [0.05, 0.1) is 10.2 Å². The molecule has 1 saturated carbocycles. The molecule has 1 fully saturated rings.